The van der Waals surface area contributed by atoms with Crippen LogP contribution < -0.4 is 5.32 Å². The number of carbonyl (C=O) groups is 1. The van der Waals surface area contributed by atoms with Gasteiger partial charge in [-0.1, -0.05) is 45.0 Å². The van der Waals surface area contributed by atoms with Gasteiger partial charge in [-0.05, 0) is 35.3 Å². The molecule has 1 aliphatic heterocycles. The van der Waals surface area contributed by atoms with Gasteiger partial charge in [-0.2, -0.15) is 0 Å². The monoisotopic (exact) mass is 285 g/mol. The lowest BCUT2D eigenvalue weighted by atomic mass is 9.86. The minimum absolute atomic E-state index is 0.115. The fourth-order valence-corrected chi connectivity index (χ4v) is 2.81. The molecule has 2 N–H and O–H groups in total. The quantitative estimate of drug-likeness (QED) is 0.878. The van der Waals surface area contributed by atoms with Gasteiger partial charge in [0.1, 0.15) is 11.9 Å². The number of amides is 2. The summed E-state index contributed by atoms with van der Waals surface area (Å²) in [5, 5.41) is 10.7. The maximum atomic E-state index is 12.0. The lowest BCUT2D eigenvalue weighted by molar-refractivity contribution is 0.203. The van der Waals surface area contributed by atoms with E-state index in [1.807, 2.05) is 4.90 Å². The van der Waals surface area contributed by atoms with E-state index in [2.05, 4.69) is 50.4 Å². The number of benzene rings is 1. The molecule has 0 bridgehead atoms. The molecule has 3 rings (SSSR count). The third-order valence-electron chi connectivity index (χ3n) is 4.33. The molecule has 4 nitrogen and oxygen atoms in total. The Morgan fingerprint density at radius 3 is 2.38 bits per heavy atom. The summed E-state index contributed by atoms with van der Waals surface area (Å²) in [4.78, 5) is 13.8. The maximum absolute atomic E-state index is 12.0. The second-order valence-electron chi connectivity index (χ2n) is 7.21. The number of nitrogens with one attached hydrogen (secondary N) is 2. The minimum atomic E-state index is -0.243. The number of nitrogens with zero attached hydrogens (tertiary/aromatic N) is 1. The molecule has 4 heteroatoms. The molecule has 1 aliphatic carbocycles. The van der Waals surface area contributed by atoms with Crippen molar-refractivity contribution < 1.29 is 4.79 Å². The second kappa shape index (κ2) is 4.86. The molecule has 1 aromatic rings. The van der Waals surface area contributed by atoms with Gasteiger partial charge < -0.3 is 4.90 Å². The molecule has 2 fully saturated rings. The van der Waals surface area contributed by atoms with Crippen LogP contribution in [0.2, 0.25) is 0 Å². The van der Waals surface area contributed by atoms with E-state index in [4.69, 9.17) is 5.41 Å². The first kappa shape index (κ1) is 14.1. The Morgan fingerprint density at radius 1 is 1.24 bits per heavy atom. The van der Waals surface area contributed by atoms with Crippen LogP contribution in [0.4, 0.5) is 4.79 Å². The molecule has 112 valence electrons. The van der Waals surface area contributed by atoms with Crippen molar-refractivity contribution in [1.82, 2.24) is 10.2 Å². The summed E-state index contributed by atoms with van der Waals surface area (Å²) in [5.41, 5.74) is 2.40. The van der Waals surface area contributed by atoms with Crippen molar-refractivity contribution in [3.05, 3.63) is 35.4 Å². The second-order valence-corrected chi connectivity index (χ2v) is 7.21. The van der Waals surface area contributed by atoms with Crippen LogP contribution in [-0.2, 0) is 5.41 Å². The van der Waals surface area contributed by atoms with Crippen molar-refractivity contribution in [1.29, 1.82) is 5.41 Å². The summed E-state index contributed by atoms with van der Waals surface area (Å²) in [7, 11) is 0. The molecule has 0 radical (unpaired) electrons. The number of carbonyl (C=O) groups excluding carboxylic acids is 1. The lowest BCUT2D eigenvalue weighted by Gasteiger charge is -2.24. The Morgan fingerprint density at radius 2 is 1.86 bits per heavy atom. The van der Waals surface area contributed by atoms with Gasteiger partial charge in [-0.3, -0.25) is 10.7 Å². The van der Waals surface area contributed by atoms with E-state index in [9.17, 15) is 4.79 Å². The fourth-order valence-electron chi connectivity index (χ4n) is 2.81. The van der Waals surface area contributed by atoms with Crippen LogP contribution in [0.1, 0.15) is 50.8 Å². The topological polar surface area (TPSA) is 56.2 Å². The summed E-state index contributed by atoms with van der Waals surface area (Å²) < 4.78 is 0. The Balaban J connectivity index is 1.86. The third-order valence-corrected chi connectivity index (χ3v) is 4.33. The number of rotatable bonds is 3. The molecule has 0 aromatic heterocycles. The molecule has 1 atom stereocenters. The number of hydrogen-bond donors (Lipinski definition) is 2. The molecule has 0 spiro atoms. The molecule has 1 aromatic carbocycles. The van der Waals surface area contributed by atoms with Gasteiger partial charge >= 0.3 is 6.03 Å². The Labute approximate surface area is 126 Å². The molecular weight excluding hydrogens is 262 g/mol. The Kier molecular flexibility index (Phi) is 3.27. The molecule has 2 amide bonds. The normalized spacial score (nSPS) is 22.6. The maximum Gasteiger partial charge on any atom is 0.323 e. The average molecular weight is 285 g/mol. The summed E-state index contributed by atoms with van der Waals surface area (Å²) in [6.07, 6.45) is 2.40. The van der Waals surface area contributed by atoms with Crippen molar-refractivity contribution in [3.63, 3.8) is 0 Å². The van der Waals surface area contributed by atoms with Gasteiger partial charge in [0.2, 0.25) is 0 Å². The standard InChI is InChI=1S/C17H23N3O/c1-17(2,3)13-8-6-12(7-9-13)14-15(18)19-16(21)20(14)10-11-4-5-11/h6-9,11,14H,4-5,10H2,1-3H3,(H2,18,19,21). The summed E-state index contributed by atoms with van der Waals surface area (Å²) in [5.74, 6) is 0.919. The van der Waals surface area contributed by atoms with Crippen molar-refractivity contribution in [3.8, 4) is 0 Å². The minimum Gasteiger partial charge on any atom is -0.310 e. The van der Waals surface area contributed by atoms with Crippen LogP contribution >= 0.6 is 0 Å². The first-order chi connectivity index (χ1) is 9.86. The van der Waals surface area contributed by atoms with Crippen molar-refractivity contribution in [2.45, 2.75) is 45.1 Å². The highest BCUT2D eigenvalue weighted by atomic mass is 16.2. The highest BCUT2D eigenvalue weighted by Gasteiger charge is 2.39. The van der Waals surface area contributed by atoms with Crippen molar-refractivity contribution >= 4 is 11.9 Å². The fraction of sp³-hybridized carbons (Fsp3) is 0.529. The number of hydrogen-bond acceptors (Lipinski definition) is 2. The molecule has 1 unspecified atom stereocenters. The van der Waals surface area contributed by atoms with E-state index >= 15 is 0 Å². The molecule has 1 heterocycles. The number of urea groups is 1. The van der Waals surface area contributed by atoms with Gasteiger partial charge in [0.15, 0.2) is 0 Å². The average Bonchev–Trinajstić information content (AvgIpc) is 3.16. The predicted octanol–water partition coefficient (Wildman–Crippen LogP) is 3.44. The first-order valence-corrected chi connectivity index (χ1v) is 7.63. The van der Waals surface area contributed by atoms with Gasteiger partial charge in [0, 0.05) is 6.54 Å². The zero-order valence-corrected chi connectivity index (χ0v) is 12.9. The van der Waals surface area contributed by atoms with Crippen LogP contribution in [0.15, 0.2) is 24.3 Å². The SMILES string of the molecule is CC(C)(C)c1ccc(C2C(=N)NC(=O)N2CC2CC2)cc1. The summed E-state index contributed by atoms with van der Waals surface area (Å²) in [6, 6.07) is 7.96. The van der Waals surface area contributed by atoms with E-state index in [1.165, 1.54) is 18.4 Å². The van der Waals surface area contributed by atoms with Gasteiger partial charge in [-0.25, -0.2) is 4.79 Å². The zero-order chi connectivity index (χ0) is 15.2. The molecule has 1 saturated heterocycles. The van der Waals surface area contributed by atoms with E-state index in [-0.39, 0.29) is 17.5 Å². The third kappa shape index (κ3) is 2.80. The van der Waals surface area contributed by atoms with Gasteiger partial charge in [-0.15, -0.1) is 0 Å². The zero-order valence-electron chi connectivity index (χ0n) is 12.9. The van der Waals surface area contributed by atoms with Gasteiger partial charge in [0.05, 0.1) is 0 Å². The Bertz CT molecular complexity index is 567. The van der Waals surface area contributed by atoms with E-state index < -0.39 is 0 Å². The molecule has 21 heavy (non-hydrogen) atoms. The van der Waals surface area contributed by atoms with E-state index in [0.717, 1.165) is 12.1 Å². The van der Waals surface area contributed by atoms with Crippen LogP contribution in [0.5, 0.6) is 0 Å². The highest BCUT2D eigenvalue weighted by Crippen LogP contribution is 2.35. The van der Waals surface area contributed by atoms with Crippen LogP contribution in [-0.4, -0.2) is 23.3 Å². The lowest BCUT2D eigenvalue weighted by Crippen LogP contribution is -2.31. The van der Waals surface area contributed by atoms with Crippen molar-refractivity contribution in [2.24, 2.45) is 5.92 Å². The largest absolute Gasteiger partial charge is 0.323 e. The summed E-state index contributed by atoms with van der Waals surface area (Å²) in [6.45, 7) is 7.32. The molecule has 1 saturated carbocycles. The first-order valence-electron chi connectivity index (χ1n) is 7.63. The van der Waals surface area contributed by atoms with Crippen molar-refractivity contribution in [2.75, 3.05) is 6.54 Å². The summed E-state index contributed by atoms with van der Waals surface area (Å²) >= 11 is 0. The van der Waals surface area contributed by atoms with Gasteiger partial charge in [0.25, 0.3) is 0 Å². The Hall–Kier alpha value is -1.84. The van der Waals surface area contributed by atoms with E-state index in [1.54, 1.807) is 0 Å². The van der Waals surface area contributed by atoms with E-state index in [0.29, 0.717) is 11.8 Å². The number of amidine groups is 1. The smallest absolute Gasteiger partial charge is 0.310 e. The molecular formula is C17H23N3O. The highest BCUT2D eigenvalue weighted by molar-refractivity contribution is 6.06. The molecule has 2 aliphatic rings. The van der Waals surface area contributed by atoms with Crippen LogP contribution in [0.25, 0.3) is 0 Å². The van der Waals surface area contributed by atoms with Crippen LogP contribution in [0, 0.1) is 11.3 Å². The predicted molar refractivity (Wildman–Crippen MR) is 83.6 cm³/mol. The van der Waals surface area contributed by atoms with Crippen LogP contribution in [0.3, 0.4) is 0 Å².